The van der Waals surface area contributed by atoms with Crippen LogP contribution in [0.3, 0.4) is 0 Å². The molecule has 1 fully saturated rings. The second kappa shape index (κ2) is 6.28. The zero-order chi connectivity index (χ0) is 14.7. The number of benzene rings is 1. The van der Waals surface area contributed by atoms with Crippen LogP contribution in [0.4, 0.5) is 0 Å². The minimum absolute atomic E-state index is 0.0442. The van der Waals surface area contributed by atoms with Gasteiger partial charge in [0.05, 0.1) is 19.1 Å². The molecule has 0 spiro atoms. The number of ether oxygens (including phenoxy) is 2. The van der Waals surface area contributed by atoms with E-state index in [0.29, 0.717) is 27.3 Å². The van der Waals surface area contributed by atoms with Crippen LogP contribution >= 0.6 is 24.0 Å². The lowest BCUT2D eigenvalue weighted by Gasteiger charge is -2.09. The molecule has 1 aromatic carbocycles. The van der Waals surface area contributed by atoms with Crippen molar-refractivity contribution in [2.75, 3.05) is 20.8 Å². The van der Waals surface area contributed by atoms with Crippen LogP contribution in [0.1, 0.15) is 12.5 Å². The first-order valence-corrected chi connectivity index (χ1v) is 7.30. The first-order valence-electron chi connectivity index (χ1n) is 6.08. The van der Waals surface area contributed by atoms with Crippen LogP contribution in [0.15, 0.2) is 23.1 Å². The molecule has 6 heteroatoms. The van der Waals surface area contributed by atoms with Gasteiger partial charge in [0.15, 0.2) is 11.5 Å². The van der Waals surface area contributed by atoms with Gasteiger partial charge < -0.3 is 9.47 Å². The first kappa shape index (κ1) is 14.9. The summed E-state index contributed by atoms with van der Waals surface area (Å²) in [6.45, 7) is 2.50. The van der Waals surface area contributed by atoms with Gasteiger partial charge in [-0.1, -0.05) is 30.0 Å². The molecule has 20 heavy (non-hydrogen) atoms. The molecule has 0 radical (unpaired) electrons. The van der Waals surface area contributed by atoms with Crippen molar-refractivity contribution in [3.05, 3.63) is 28.7 Å². The number of thiocarbonyl (C=S) groups is 1. The van der Waals surface area contributed by atoms with Gasteiger partial charge in [-0.05, 0) is 30.7 Å². The van der Waals surface area contributed by atoms with Gasteiger partial charge in [-0.2, -0.15) is 0 Å². The van der Waals surface area contributed by atoms with Crippen LogP contribution in [-0.4, -0.2) is 35.9 Å². The third kappa shape index (κ3) is 2.81. The summed E-state index contributed by atoms with van der Waals surface area (Å²) in [4.78, 5) is 14.3. The topological polar surface area (TPSA) is 38.8 Å². The van der Waals surface area contributed by atoms with E-state index in [0.717, 1.165) is 5.56 Å². The molecule has 0 aliphatic carbocycles. The molecule has 1 aliphatic rings. The van der Waals surface area contributed by atoms with E-state index in [9.17, 15) is 4.79 Å². The molecule has 1 amide bonds. The molecule has 0 N–H and O–H groups in total. The van der Waals surface area contributed by atoms with E-state index in [1.807, 2.05) is 31.2 Å². The van der Waals surface area contributed by atoms with E-state index < -0.39 is 0 Å². The van der Waals surface area contributed by atoms with Crippen LogP contribution in [0.5, 0.6) is 11.5 Å². The third-order valence-electron chi connectivity index (χ3n) is 2.90. The van der Waals surface area contributed by atoms with Gasteiger partial charge >= 0.3 is 0 Å². The summed E-state index contributed by atoms with van der Waals surface area (Å²) in [5.41, 5.74) is 0.874. The van der Waals surface area contributed by atoms with E-state index in [-0.39, 0.29) is 5.91 Å². The summed E-state index contributed by atoms with van der Waals surface area (Å²) in [5, 5.41) is 0. The van der Waals surface area contributed by atoms with Crippen molar-refractivity contribution in [1.82, 2.24) is 4.90 Å². The van der Waals surface area contributed by atoms with E-state index >= 15 is 0 Å². The number of methoxy groups -OCH3 is 2. The van der Waals surface area contributed by atoms with Gasteiger partial charge in [0, 0.05) is 6.54 Å². The Bertz CT molecular complexity index is 584. The van der Waals surface area contributed by atoms with E-state index in [4.69, 9.17) is 21.7 Å². The van der Waals surface area contributed by atoms with Gasteiger partial charge in [0.25, 0.3) is 5.91 Å². The highest BCUT2D eigenvalue weighted by molar-refractivity contribution is 8.26. The molecule has 1 heterocycles. The molecule has 0 bridgehead atoms. The molecule has 1 saturated heterocycles. The van der Waals surface area contributed by atoms with Crippen molar-refractivity contribution >= 4 is 40.3 Å². The number of hydrogen-bond acceptors (Lipinski definition) is 5. The van der Waals surface area contributed by atoms with Gasteiger partial charge in [0.2, 0.25) is 0 Å². The Balaban J connectivity index is 2.32. The fraction of sp³-hybridized carbons (Fsp3) is 0.286. The van der Waals surface area contributed by atoms with E-state index in [1.165, 1.54) is 11.8 Å². The fourth-order valence-electron chi connectivity index (χ4n) is 1.87. The molecule has 0 atom stereocenters. The summed E-state index contributed by atoms with van der Waals surface area (Å²) in [6, 6.07) is 5.52. The lowest BCUT2D eigenvalue weighted by molar-refractivity contribution is -0.121. The van der Waals surface area contributed by atoms with Crippen LogP contribution in [-0.2, 0) is 4.79 Å². The largest absolute Gasteiger partial charge is 0.493 e. The summed E-state index contributed by atoms with van der Waals surface area (Å²) < 4.78 is 11.0. The second-order valence-corrected chi connectivity index (χ2v) is 5.72. The van der Waals surface area contributed by atoms with Gasteiger partial charge in [-0.3, -0.25) is 9.69 Å². The Morgan fingerprint density at radius 2 is 2.00 bits per heavy atom. The number of nitrogens with zero attached hydrogens (tertiary/aromatic N) is 1. The van der Waals surface area contributed by atoms with Gasteiger partial charge in [0.1, 0.15) is 4.32 Å². The Morgan fingerprint density at radius 1 is 1.30 bits per heavy atom. The normalized spacial score (nSPS) is 16.9. The molecule has 0 unspecified atom stereocenters. The maximum Gasteiger partial charge on any atom is 0.266 e. The molecule has 1 aliphatic heterocycles. The van der Waals surface area contributed by atoms with Gasteiger partial charge in [-0.15, -0.1) is 0 Å². The highest BCUT2D eigenvalue weighted by atomic mass is 32.2. The van der Waals surface area contributed by atoms with Crippen LogP contribution < -0.4 is 9.47 Å². The summed E-state index contributed by atoms with van der Waals surface area (Å²) >= 11 is 6.50. The molecule has 106 valence electrons. The van der Waals surface area contributed by atoms with E-state index in [2.05, 4.69) is 0 Å². The Labute approximate surface area is 127 Å². The Hall–Kier alpha value is -1.53. The fourth-order valence-corrected chi connectivity index (χ4v) is 3.25. The number of amides is 1. The average molecular weight is 309 g/mol. The number of thioether (sulfide) groups is 1. The van der Waals surface area contributed by atoms with E-state index in [1.54, 1.807) is 19.1 Å². The Morgan fingerprint density at radius 3 is 2.55 bits per heavy atom. The highest BCUT2D eigenvalue weighted by Crippen LogP contribution is 2.34. The summed E-state index contributed by atoms with van der Waals surface area (Å²) in [6.07, 6.45) is 1.82. The Kier molecular flexibility index (Phi) is 4.67. The maximum atomic E-state index is 12.1. The van der Waals surface area contributed by atoms with Crippen molar-refractivity contribution in [2.24, 2.45) is 0 Å². The average Bonchev–Trinajstić information content (AvgIpc) is 2.72. The van der Waals surface area contributed by atoms with Crippen molar-refractivity contribution in [3.8, 4) is 11.5 Å². The van der Waals surface area contributed by atoms with Crippen LogP contribution in [0, 0.1) is 0 Å². The molecular formula is C14H15NO3S2. The number of hydrogen-bond donors (Lipinski definition) is 0. The smallest absolute Gasteiger partial charge is 0.266 e. The van der Waals surface area contributed by atoms with Crippen molar-refractivity contribution < 1.29 is 14.3 Å². The standard InChI is InChI=1S/C14H15NO3S2/c1-4-15-13(16)12(20-14(15)19)8-9-5-6-10(17-2)11(7-9)18-3/h5-8H,4H2,1-3H3/b12-8+. The third-order valence-corrected chi connectivity index (χ3v) is 4.27. The number of likely N-dealkylation sites (N-methyl/N-ethyl adjacent to an activating group) is 1. The summed E-state index contributed by atoms with van der Waals surface area (Å²) in [7, 11) is 3.17. The van der Waals surface area contributed by atoms with Crippen molar-refractivity contribution in [2.45, 2.75) is 6.92 Å². The van der Waals surface area contributed by atoms with Crippen molar-refractivity contribution in [3.63, 3.8) is 0 Å². The maximum absolute atomic E-state index is 12.1. The highest BCUT2D eigenvalue weighted by Gasteiger charge is 2.30. The van der Waals surface area contributed by atoms with Gasteiger partial charge in [-0.25, -0.2) is 0 Å². The SMILES string of the molecule is CCN1C(=O)/C(=C\c2ccc(OC)c(OC)c2)SC1=S. The molecule has 4 nitrogen and oxygen atoms in total. The molecule has 1 aromatic rings. The molecule has 0 saturated carbocycles. The number of carbonyl (C=O) groups excluding carboxylic acids is 1. The van der Waals surface area contributed by atoms with Crippen molar-refractivity contribution in [1.29, 1.82) is 0 Å². The predicted octanol–water partition coefficient (Wildman–Crippen LogP) is 2.92. The zero-order valence-electron chi connectivity index (χ0n) is 11.5. The minimum atomic E-state index is -0.0442. The molecule has 2 rings (SSSR count). The molecule has 0 aromatic heterocycles. The zero-order valence-corrected chi connectivity index (χ0v) is 13.1. The second-order valence-electron chi connectivity index (χ2n) is 4.04. The lowest BCUT2D eigenvalue weighted by Crippen LogP contribution is -2.27. The monoisotopic (exact) mass is 309 g/mol. The summed E-state index contributed by atoms with van der Waals surface area (Å²) in [5.74, 6) is 1.25. The minimum Gasteiger partial charge on any atom is -0.493 e. The predicted molar refractivity (Wildman–Crippen MR) is 85.1 cm³/mol. The lowest BCUT2D eigenvalue weighted by atomic mass is 10.2. The molecular weight excluding hydrogens is 294 g/mol. The van der Waals surface area contributed by atoms with Crippen LogP contribution in [0.25, 0.3) is 6.08 Å². The van der Waals surface area contributed by atoms with Crippen LogP contribution in [0.2, 0.25) is 0 Å². The number of rotatable bonds is 4. The first-order chi connectivity index (χ1) is 9.60. The quantitative estimate of drug-likeness (QED) is 0.631. The number of carbonyl (C=O) groups is 1.